The monoisotopic (exact) mass is 281 g/mol. The van der Waals surface area contributed by atoms with Crippen LogP contribution >= 0.6 is 31.9 Å². The Morgan fingerprint density at radius 3 is 2.18 bits per heavy atom. The fourth-order valence-electron chi connectivity index (χ4n) is 0.757. The fourth-order valence-corrected chi connectivity index (χ4v) is 1.45. The second-order valence-electron chi connectivity index (χ2n) is 1.97. The van der Waals surface area contributed by atoms with Crippen LogP contribution in [0.15, 0.2) is 12.2 Å². The molecule has 60 valence electrons. The van der Waals surface area contributed by atoms with Crippen molar-refractivity contribution in [1.82, 2.24) is 4.90 Å². The molecule has 0 spiro atoms. The van der Waals surface area contributed by atoms with Gasteiger partial charge < -0.3 is 0 Å². The summed E-state index contributed by atoms with van der Waals surface area (Å²) < 4.78 is 0. The van der Waals surface area contributed by atoms with Gasteiger partial charge in [-0.2, -0.15) is 0 Å². The highest BCUT2D eigenvalue weighted by molar-refractivity contribution is 9.12. The highest BCUT2D eigenvalue weighted by atomic mass is 79.9. The maximum atomic E-state index is 11.0. The summed E-state index contributed by atoms with van der Waals surface area (Å²) in [5, 5.41) is 0.534. The van der Waals surface area contributed by atoms with E-state index in [1.54, 1.807) is 0 Å². The van der Waals surface area contributed by atoms with E-state index < -0.39 is 0 Å². The van der Waals surface area contributed by atoms with Crippen molar-refractivity contribution in [3.63, 3.8) is 0 Å². The van der Waals surface area contributed by atoms with Crippen molar-refractivity contribution in [3.05, 3.63) is 12.2 Å². The van der Waals surface area contributed by atoms with E-state index in [0.29, 0.717) is 5.33 Å². The van der Waals surface area contributed by atoms with Gasteiger partial charge in [0.25, 0.3) is 11.8 Å². The van der Waals surface area contributed by atoms with Crippen LogP contribution in [0, 0.1) is 0 Å². The molecule has 0 aromatic heterocycles. The molecule has 1 aliphatic heterocycles. The Morgan fingerprint density at radius 1 is 1.36 bits per heavy atom. The van der Waals surface area contributed by atoms with E-state index in [1.165, 1.54) is 12.2 Å². The maximum Gasteiger partial charge on any atom is 0.254 e. The summed E-state index contributed by atoms with van der Waals surface area (Å²) in [6.45, 7) is 0. The van der Waals surface area contributed by atoms with Crippen molar-refractivity contribution in [3.8, 4) is 0 Å². The molecule has 0 bridgehead atoms. The van der Waals surface area contributed by atoms with Crippen molar-refractivity contribution >= 4 is 43.7 Å². The molecule has 11 heavy (non-hydrogen) atoms. The molecule has 0 aromatic rings. The van der Waals surface area contributed by atoms with Gasteiger partial charge >= 0.3 is 0 Å². The van der Waals surface area contributed by atoms with Gasteiger partial charge in [-0.1, -0.05) is 31.9 Å². The number of alkyl halides is 2. The van der Waals surface area contributed by atoms with Gasteiger partial charge in [0.1, 0.15) is 4.95 Å². The molecule has 1 atom stereocenters. The Kier molecular flexibility index (Phi) is 2.84. The molecule has 0 saturated heterocycles. The number of hydrogen-bond donors (Lipinski definition) is 0. The second kappa shape index (κ2) is 3.49. The van der Waals surface area contributed by atoms with Gasteiger partial charge in [0.2, 0.25) is 0 Å². The minimum atomic E-state index is -0.267. The van der Waals surface area contributed by atoms with Crippen molar-refractivity contribution in [2.24, 2.45) is 0 Å². The summed E-state index contributed by atoms with van der Waals surface area (Å²) in [5.74, 6) is -0.535. The van der Waals surface area contributed by atoms with Crippen LogP contribution in [0.2, 0.25) is 0 Å². The van der Waals surface area contributed by atoms with Gasteiger partial charge in [-0.15, -0.1) is 0 Å². The number of nitrogens with zero attached hydrogens (tertiary/aromatic N) is 1. The molecule has 1 heterocycles. The van der Waals surface area contributed by atoms with E-state index in [1.807, 2.05) is 0 Å². The van der Waals surface area contributed by atoms with Crippen LogP contribution in [0.1, 0.15) is 0 Å². The summed E-state index contributed by atoms with van der Waals surface area (Å²) in [5.41, 5.74) is 0. The zero-order chi connectivity index (χ0) is 8.43. The Hall–Kier alpha value is -0.160. The van der Waals surface area contributed by atoms with Gasteiger partial charge in [0, 0.05) is 17.5 Å². The predicted molar refractivity (Wildman–Crippen MR) is 47.5 cm³/mol. The molecule has 1 unspecified atom stereocenters. The Labute approximate surface area is 80.7 Å². The molecule has 1 aliphatic rings. The highest BCUT2D eigenvalue weighted by Crippen LogP contribution is 2.15. The van der Waals surface area contributed by atoms with E-state index in [0.717, 1.165) is 4.90 Å². The van der Waals surface area contributed by atoms with Crippen molar-refractivity contribution < 1.29 is 9.59 Å². The molecule has 3 nitrogen and oxygen atoms in total. The molecular formula is C6H5Br2NO2. The van der Waals surface area contributed by atoms with Crippen LogP contribution in [0.5, 0.6) is 0 Å². The van der Waals surface area contributed by atoms with Crippen LogP contribution in [0.4, 0.5) is 0 Å². The van der Waals surface area contributed by atoms with E-state index in [2.05, 4.69) is 31.9 Å². The zero-order valence-electron chi connectivity index (χ0n) is 5.46. The largest absolute Gasteiger partial charge is 0.269 e. The molecule has 1 rings (SSSR count). The Balaban J connectivity index is 2.73. The standard InChI is InChI=1S/C6H5Br2NO2/c7-3-4(8)9-5(10)1-2-6(9)11/h1-2,4H,3H2. The fraction of sp³-hybridized carbons (Fsp3) is 0.333. The van der Waals surface area contributed by atoms with E-state index >= 15 is 0 Å². The number of imide groups is 1. The summed E-state index contributed by atoms with van der Waals surface area (Å²) in [6.07, 6.45) is 2.53. The Morgan fingerprint density at radius 2 is 1.82 bits per heavy atom. The van der Waals surface area contributed by atoms with Gasteiger partial charge in [-0.05, 0) is 0 Å². The highest BCUT2D eigenvalue weighted by Gasteiger charge is 2.28. The first-order valence-electron chi connectivity index (χ1n) is 2.92. The number of rotatable bonds is 2. The van der Waals surface area contributed by atoms with E-state index in [9.17, 15) is 9.59 Å². The second-order valence-corrected chi connectivity index (χ2v) is 3.67. The number of hydrogen-bond acceptors (Lipinski definition) is 2. The van der Waals surface area contributed by atoms with Crippen molar-refractivity contribution in [2.45, 2.75) is 4.95 Å². The van der Waals surface area contributed by atoms with Crippen molar-refractivity contribution in [2.75, 3.05) is 5.33 Å². The minimum absolute atomic E-state index is 0.252. The molecule has 2 amide bonds. The third kappa shape index (κ3) is 1.70. The van der Waals surface area contributed by atoms with Gasteiger partial charge in [-0.3, -0.25) is 14.5 Å². The zero-order valence-corrected chi connectivity index (χ0v) is 8.63. The van der Waals surface area contributed by atoms with Crippen molar-refractivity contribution in [1.29, 1.82) is 0 Å². The summed E-state index contributed by atoms with van der Waals surface area (Å²) >= 11 is 6.34. The minimum Gasteiger partial charge on any atom is -0.269 e. The lowest BCUT2D eigenvalue weighted by atomic mass is 10.5. The van der Waals surface area contributed by atoms with Crippen LogP contribution in [-0.2, 0) is 9.59 Å². The predicted octanol–water partition coefficient (Wildman–Crippen LogP) is 1.03. The van der Waals surface area contributed by atoms with Crippen LogP contribution in [0.3, 0.4) is 0 Å². The smallest absolute Gasteiger partial charge is 0.254 e. The summed E-state index contributed by atoms with van der Waals surface area (Å²) in [7, 11) is 0. The number of amides is 2. The first-order chi connectivity index (χ1) is 5.16. The van der Waals surface area contributed by atoms with Gasteiger partial charge in [0.05, 0.1) is 0 Å². The number of carbonyl (C=O) groups is 2. The average Bonchev–Trinajstić information content (AvgIpc) is 2.30. The molecule has 0 saturated carbocycles. The summed E-state index contributed by atoms with van der Waals surface area (Å²) in [6, 6.07) is 0. The average molecular weight is 283 g/mol. The SMILES string of the molecule is O=C1C=CC(=O)N1C(Br)CBr. The van der Waals surface area contributed by atoms with Crippen LogP contribution in [0.25, 0.3) is 0 Å². The lowest BCUT2D eigenvalue weighted by molar-refractivity contribution is -0.136. The molecule has 0 aromatic carbocycles. The normalized spacial score (nSPS) is 19.6. The number of halogens is 2. The third-order valence-electron chi connectivity index (χ3n) is 1.25. The topological polar surface area (TPSA) is 37.4 Å². The third-order valence-corrected chi connectivity index (χ3v) is 3.47. The first kappa shape index (κ1) is 8.93. The summed E-state index contributed by atoms with van der Waals surface area (Å²) in [4.78, 5) is 22.8. The van der Waals surface area contributed by atoms with E-state index in [-0.39, 0.29) is 16.8 Å². The first-order valence-corrected chi connectivity index (χ1v) is 4.96. The lowest BCUT2D eigenvalue weighted by Crippen LogP contribution is -2.37. The molecular weight excluding hydrogens is 278 g/mol. The van der Waals surface area contributed by atoms with Gasteiger partial charge in [-0.25, -0.2) is 0 Å². The molecule has 0 radical (unpaired) electrons. The quantitative estimate of drug-likeness (QED) is 0.431. The number of carbonyl (C=O) groups excluding carboxylic acids is 2. The molecule has 5 heteroatoms. The Bertz CT molecular complexity index is 209. The molecule has 0 aliphatic carbocycles. The molecule has 0 fully saturated rings. The maximum absolute atomic E-state index is 11.0. The van der Waals surface area contributed by atoms with Crippen LogP contribution in [-0.4, -0.2) is 27.0 Å². The lowest BCUT2D eigenvalue weighted by Gasteiger charge is -2.17. The van der Waals surface area contributed by atoms with Crippen LogP contribution < -0.4 is 0 Å². The van der Waals surface area contributed by atoms with Gasteiger partial charge in [0.15, 0.2) is 0 Å². The van der Waals surface area contributed by atoms with E-state index in [4.69, 9.17) is 0 Å². The molecule has 0 N–H and O–H groups in total.